The highest BCUT2D eigenvalue weighted by Crippen LogP contribution is 2.39. The number of aryl methyl sites for hydroxylation is 1. The van der Waals surface area contributed by atoms with Crippen molar-refractivity contribution in [3.05, 3.63) is 52.9 Å². The number of ether oxygens (including phenoxy) is 2. The summed E-state index contributed by atoms with van der Waals surface area (Å²) in [6, 6.07) is 5.26. The molecule has 0 radical (unpaired) electrons. The van der Waals surface area contributed by atoms with E-state index < -0.39 is 17.7 Å². The molecule has 1 N–H and O–H groups in total. The van der Waals surface area contributed by atoms with Crippen LogP contribution in [-0.4, -0.2) is 41.5 Å². The third-order valence-electron chi connectivity index (χ3n) is 4.61. The molecule has 2 heterocycles. The minimum atomic E-state index is -0.727. The number of nitrogens with one attached hydrogen (secondary N) is 1. The average molecular weight is 387 g/mol. The topological polar surface area (TPSA) is 67.5 Å². The number of aromatic nitrogens is 2. The number of H-pyrrole nitrogens is 1. The predicted molar refractivity (Wildman–Crippen MR) is 98.7 cm³/mol. The van der Waals surface area contributed by atoms with Crippen LogP contribution in [-0.2, 0) is 0 Å². The van der Waals surface area contributed by atoms with E-state index in [1.807, 2.05) is 0 Å². The van der Waals surface area contributed by atoms with Crippen LogP contribution in [0.25, 0.3) is 11.0 Å². The summed E-state index contributed by atoms with van der Waals surface area (Å²) in [5.41, 5.74) is 1.77. The highest BCUT2D eigenvalue weighted by atomic mass is 19.1. The molecular weight excluding hydrogens is 368 g/mol. The van der Waals surface area contributed by atoms with Crippen LogP contribution in [0.3, 0.4) is 0 Å². The Morgan fingerprint density at radius 3 is 2.82 bits per heavy atom. The lowest BCUT2D eigenvalue weighted by atomic mass is 10.0. The van der Waals surface area contributed by atoms with Gasteiger partial charge in [0.2, 0.25) is 0 Å². The maximum Gasteiger partial charge on any atom is 0.253 e. The predicted octanol–water partition coefficient (Wildman–Crippen LogP) is 3.75. The monoisotopic (exact) mass is 387 g/mol. The molecule has 4 rings (SSSR count). The van der Waals surface area contributed by atoms with E-state index in [1.165, 1.54) is 4.90 Å². The summed E-state index contributed by atoms with van der Waals surface area (Å²) in [7, 11) is 3.31. The van der Waals surface area contributed by atoms with Crippen molar-refractivity contribution in [3.8, 4) is 11.5 Å². The van der Waals surface area contributed by atoms with Gasteiger partial charge in [0.15, 0.2) is 0 Å². The molecule has 6 nitrogen and oxygen atoms in total. The molecule has 1 aliphatic rings. The lowest BCUT2D eigenvalue weighted by Crippen LogP contribution is -2.22. The van der Waals surface area contributed by atoms with Gasteiger partial charge in [-0.1, -0.05) is 0 Å². The van der Waals surface area contributed by atoms with Gasteiger partial charge < -0.3 is 19.4 Å². The number of rotatable bonds is 3. The van der Waals surface area contributed by atoms with E-state index in [1.54, 1.807) is 33.2 Å². The number of carbonyl (C=O) groups is 1. The Bertz CT molecular complexity index is 1080. The summed E-state index contributed by atoms with van der Waals surface area (Å²) in [6.45, 7) is 2.06. The molecule has 0 fully saturated rings. The molecule has 8 heteroatoms. The quantitative estimate of drug-likeness (QED) is 0.743. The first-order valence-corrected chi connectivity index (χ1v) is 8.84. The van der Waals surface area contributed by atoms with Gasteiger partial charge >= 0.3 is 0 Å². The normalized spacial score (nSPS) is 15.8. The number of imidazole rings is 1. The Hall–Kier alpha value is -3.16. The molecule has 2 aromatic carbocycles. The van der Waals surface area contributed by atoms with Crippen molar-refractivity contribution in [1.29, 1.82) is 0 Å². The Morgan fingerprint density at radius 1 is 1.29 bits per heavy atom. The van der Waals surface area contributed by atoms with E-state index >= 15 is 0 Å². The molecular formula is C20H19F2N3O3. The largest absolute Gasteiger partial charge is 0.493 e. The lowest BCUT2D eigenvalue weighted by molar-refractivity contribution is 0.0826. The van der Waals surface area contributed by atoms with Crippen LogP contribution in [0.1, 0.15) is 34.3 Å². The third kappa shape index (κ3) is 3.15. The number of hydrogen-bond acceptors (Lipinski definition) is 4. The van der Waals surface area contributed by atoms with Crippen LogP contribution < -0.4 is 9.47 Å². The van der Waals surface area contributed by atoms with Gasteiger partial charge in [0.25, 0.3) is 5.91 Å². The van der Waals surface area contributed by atoms with Gasteiger partial charge in [-0.3, -0.25) is 4.79 Å². The fourth-order valence-corrected chi connectivity index (χ4v) is 3.36. The smallest absolute Gasteiger partial charge is 0.253 e. The third-order valence-corrected chi connectivity index (χ3v) is 4.61. The minimum Gasteiger partial charge on any atom is -0.493 e. The van der Waals surface area contributed by atoms with E-state index in [4.69, 9.17) is 9.47 Å². The Morgan fingerprint density at radius 2 is 2.07 bits per heavy atom. The molecule has 0 bridgehead atoms. The van der Waals surface area contributed by atoms with Gasteiger partial charge in [-0.15, -0.1) is 0 Å². The number of halogens is 2. The highest BCUT2D eigenvalue weighted by Gasteiger charge is 2.29. The SMILES string of the molecule is Cc1nc2c(OC3CCOc4cc(F)cc(F)c43)cc(C(=O)N(C)C)cc2[nH]1. The van der Waals surface area contributed by atoms with E-state index in [0.29, 0.717) is 34.6 Å². The molecule has 0 aliphatic carbocycles. The van der Waals surface area contributed by atoms with E-state index in [9.17, 15) is 13.6 Å². The van der Waals surface area contributed by atoms with Crippen LogP contribution in [0.2, 0.25) is 0 Å². The van der Waals surface area contributed by atoms with Gasteiger partial charge in [-0.2, -0.15) is 0 Å². The average Bonchev–Trinajstić information content (AvgIpc) is 3.01. The molecule has 1 aliphatic heterocycles. The molecule has 1 amide bonds. The van der Waals surface area contributed by atoms with Crippen molar-refractivity contribution < 1.29 is 23.0 Å². The molecule has 3 aromatic rings. The summed E-state index contributed by atoms with van der Waals surface area (Å²) in [5, 5.41) is 0. The zero-order chi connectivity index (χ0) is 20.0. The molecule has 0 spiro atoms. The Kier molecular flexibility index (Phi) is 4.41. The summed E-state index contributed by atoms with van der Waals surface area (Å²) < 4.78 is 39.5. The van der Waals surface area contributed by atoms with Crippen LogP contribution in [0.15, 0.2) is 24.3 Å². The van der Waals surface area contributed by atoms with Crippen LogP contribution in [0, 0.1) is 18.6 Å². The van der Waals surface area contributed by atoms with Gasteiger partial charge in [0, 0.05) is 38.2 Å². The second-order valence-corrected chi connectivity index (χ2v) is 6.94. The van der Waals surface area contributed by atoms with Crippen LogP contribution >= 0.6 is 0 Å². The summed E-state index contributed by atoms with van der Waals surface area (Å²) >= 11 is 0. The summed E-state index contributed by atoms with van der Waals surface area (Å²) in [5.74, 6) is -0.484. The van der Waals surface area contributed by atoms with Crippen molar-refractivity contribution in [2.45, 2.75) is 19.4 Å². The van der Waals surface area contributed by atoms with E-state index in [0.717, 1.165) is 12.1 Å². The lowest BCUT2D eigenvalue weighted by Gasteiger charge is -2.27. The molecule has 146 valence electrons. The Balaban J connectivity index is 1.80. The Labute approximate surface area is 160 Å². The summed E-state index contributed by atoms with van der Waals surface area (Å²) in [4.78, 5) is 21.4. The molecule has 1 atom stereocenters. The highest BCUT2D eigenvalue weighted by molar-refractivity contribution is 5.99. The molecule has 0 saturated carbocycles. The number of carbonyl (C=O) groups excluding carboxylic acids is 1. The van der Waals surface area contributed by atoms with Crippen molar-refractivity contribution in [2.75, 3.05) is 20.7 Å². The second-order valence-electron chi connectivity index (χ2n) is 6.94. The maximum absolute atomic E-state index is 14.4. The maximum atomic E-state index is 14.4. The zero-order valence-electron chi connectivity index (χ0n) is 15.7. The minimum absolute atomic E-state index is 0.128. The van der Waals surface area contributed by atoms with Crippen molar-refractivity contribution in [3.63, 3.8) is 0 Å². The number of aromatic amines is 1. The van der Waals surface area contributed by atoms with Crippen molar-refractivity contribution >= 4 is 16.9 Å². The molecule has 28 heavy (non-hydrogen) atoms. The van der Waals surface area contributed by atoms with Crippen molar-refractivity contribution in [1.82, 2.24) is 14.9 Å². The zero-order valence-corrected chi connectivity index (χ0v) is 15.7. The van der Waals surface area contributed by atoms with Gasteiger partial charge in [-0.25, -0.2) is 13.8 Å². The summed E-state index contributed by atoms with van der Waals surface area (Å²) in [6.07, 6.45) is -0.305. The van der Waals surface area contributed by atoms with Gasteiger partial charge in [-0.05, 0) is 19.1 Å². The fraction of sp³-hybridized carbons (Fsp3) is 0.300. The molecule has 0 saturated heterocycles. The molecule has 1 unspecified atom stereocenters. The fourth-order valence-electron chi connectivity index (χ4n) is 3.36. The second kappa shape index (κ2) is 6.78. The molecule has 1 aromatic heterocycles. The number of hydrogen-bond donors (Lipinski definition) is 1. The first kappa shape index (κ1) is 18.2. The number of fused-ring (bicyclic) bond motifs is 2. The van der Waals surface area contributed by atoms with Crippen molar-refractivity contribution in [2.24, 2.45) is 0 Å². The first-order valence-electron chi connectivity index (χ1n) is 8.84. The van der Waals surface area contributed by atoms with Gasteiger partial charge in [0.05, 0.1) is 17.7 Å². The van der Waals surface area contributed by atoms with E-state index in [-0.39, 0.29) is 23.8 Å². The number of benzene rings is 2. The standard InChI is InChI=1S/C20H19F2N3O3/c1-10-23-14-6-11(20(26)25(2)3)7-17(19(14)24-10)28-15-4-5-27-16-9-12(21)8-13(22)18(15)16/h6-9,15H,4-5H2,1-3H3,(H,23,24). The van der Waals surface area contributed by atoms with Gasteiger partial charge in [0.1, 0.15) is 40.6 Å². The van der Waals surface area contributed by atoms with Crippen LogP contribution in [0.4, 0.5) is 8.78 Å². The first-order chi connectivity index (χ1) is 13.3. The number of nitrogens with zero attached hydrogens (tertiary/aromatic N) is 2. The number of amides is 1. The van der Waals surface area contributed by atoms with Crippen LogP contribution in [0.5, 0.6) is 11.5 Å². The van der Waals surface area contributed by atoms with E-state index in [2.05, 4.69) is 9.97 Å².